The van der Waals surface area contributed by atoms with E-state index < -0.39 is 0 Å². The molecule has 0 aliphatic carbocycles. The molecule has 6 nitrogen and oxygen atoms in total. The molecule has 0 aliphatic rings. The molecule has 0 aliphatic heterocycles. The van der Waals surface area contributed by atoms with Gasteiger partial charge in [-0.3, -0.25) is 0 Å². The minimum Gasteiger partial charge on any atom is -0.357 e. The van der Waals surface area contributed by atoms with Crippen molar-refractivity contribution >= 4 is 5.96 Å². The fraction of sp³-hybridized carbons (Fsp3) is 0.400. The van der Waals surface area contributed by atoms with E-state index in [9.17, 15) is 4.39 Å². The second-order valence-electron chi connectivity index (χ2n) is 5.01. The third-order valence-electron chi connectivity index (χ3n) is 3.18. The third-order valence-corrected chi connectivity index (χ3v) is 3.18. The summed E-state index contributed by atoms with van der Waals surface area (Å²) in [5.41, 5.74) is 0.895. The number of benzene rings is 1. The van der Waals surface area contributed by atoms with Crippen LogP contribution in [0.1, 0.15) is 18.3 Å². The lowest BCUT2D eigenvalue weighted by molar-refractivity contribution is 0.474. The van der Waals surface area contributed by atoms with Crippen LogP contribution in [-0.4, -0.2) is 39.2 Å². The summed E-state index contributed by atoms with van der Waals surface area (Å²) in [4.78, 5) is 6.50. The van der Waals surface area contributed by atoms with Gasteiger partial charge in [0.15, 0.2) is 11.8 Å². The molecule has 7 heteroatoms. The Morgan fingerprint density at radius 1 is 1.45 bits per heavy atom. The van der Waals surface area contributed by atoms with Gasteiger partial charge < -0.3 is 14.8 Å². The van der Waals surface area contributed by atoms with Crippen molar-refractivity contribution in [2.45, 2.75) is 20.0 Å². The SMILES string of the molecule is CCNC(=NCc1nncn1C)N(C)Cc1cccc(F)c1. The number of hydrogen-bond donors (Lipinski definition) is 1. The van der Waals surface area contributed by atoms with Crippen LogP contribution in [0.4, 0.5) is 4.39 Å². The summed E-state index contributed by atoms with van der Waals surface area (Å²) in [6.07, 6.45) is 1.65. The molecule has 0 saturated carbocycles. The van der Waals surface area contributed by atoms with E-state index in [2.05, 4.69) is 20.5 Å². The molecule has 0 fully saturated rings. The predicted molar refractivity (Wildman–Crippen MR) is 83.7 cm³/mol. The van der Waals surface area contributed by atoms with E-state index in [1.807, 2.05) is 36.6 Å². The summed E-state index contributed by atoms with van der Waals surface area (Å²) in [7, 11) is 3.80. The van der Waals surface area contributed by atoms with Crippen LogP contribution in [0.5, 0.6) is 0 Å². The molecule has 1 N–H and O–H groups in total. The van der Waals surface area contributed by atoms with Crippen molar-refractivity contribution in [3.63, 3.8) is 0 Å². The van der Waals surface area contributed by atoms with Gasteiger partial charge in [-0.15, -0.1) is 10.2 Å². The minimum atomic E-state index is -0.230. The van der Waals surface area contributed by atoms with E-state index in [1.54, 1.807) is 12.4 Å². The van der Waals surface area contributed by atoms with Crippen LogP contribution in [0.2, 0.25) is 0 Å². The van der Waals surface area contributed by atoms with Crippen molar-refractivity contribution in [3.05, 3.63) is 47.8 Å². The smallest absolute Gasteiger partial charge is 0.194 e. The number of aryl methyl sites for hydroxylation is 1. The van der Waals surface area contributed by atoms with Crippen molar-refractivity contribution in [2.24, 2.45) is 12.0 Å². The van der Waals surface area contributed by atoms with Gasteiger partial charge in [0.2, 0.25) is 0 Å². The molecule has 0 atom stereocenters. The largest absolute Gasteiger partial charge is 0.357 e. The van der Waals surface area contributed by atoms with Crippen LogP contribution in [0.3, 0.4) is 0 Å². The van der Waals surface area contributed by atoms with E-state index in [0.717, 1.165) is 23.9 Å². The fourth-order valence-corrected chi connectivity index (χ4v) is 2.05. The Balaban J connectivity index is 2.07. The minimum absolute atomic E-state index is 0.230. The molecular weight excluding hydrogens is 283 g/mol. The summed E-state index contributed by atoms with van der Waals surface area (Å²) in [5, 5.41) is 11.1. The Morgan fingerprint density at radius 3 is 2.91 bits per heavy atom. The number of guanidine groups is 1. The van der Waals surface area contributed by atoms with Gasteiger partial charge in [-0.1, -0.05) is 12.1 Å². The molecular formula is C15H21FN6. The van der Waals surface area contributed by atoms with Gasteiger partial charge in [-0.25, -0.2) is 9.38 Å². The lowest BCUT2D eigenvalue weighted by Gasteiger charge is -2.22. The van der Waals surface area contributed by atoms with Gasteiger partial charge in [0.1, 0.15) is 18.7 Å². The Bertz CT molecular complexity index is 636. The van der Waals surface area contributed by atoms with E-state index in [-0.39, 0.29) is 5.82 Å². The van der Waals surface area contributed by atoms with Gasteiger partial charge in [-0.05, 0) is 24.6 Å². The first kappa shape index (κ1) is 15.9. The molecule has 1 heterocycles. The van der Waals surface area contributed by atoms with E-state index in [1.165, 1.54) is 12.1 Å². The second-order valence-corrected chi connectivity index (χ2v) is 5.01. The Morgan fingerprint density at radius 2 is 2.27 bits per heavy atom. The maximum Gasteiger partial charge on any atom is 0.194 e. The maximum atomic E-state index is 13.3. The highest BCUT2D eigenvalue weighted by Gasteiger charge is 2.08. The Kier molecular flexibility index (Phi) is 5.46. The van der Waals surface area contributed by atoms with Gasteiger partial charge >= 0.3 is 0 Å². The van der Waals surface area contributed by atoms with E-state index in [0.29, 0.717) is 13.1 Å². The normalized spacial score (nSPS) is 11.5. The van der Waals surface area contributed by atoms with Gasteiger partial charge in [-0.2, -0.15) is 0 Å². The zero-order valence-corrected chi connectivity index (χ0v) is 13.1. The first-order valence-corrected chi connectivity index (χ1v) is 7.17. The van der Waals surface area contributed by atoms with Crippen LogP contribution in [0, 0.1) is 5.82 Å². The van der Waals surface area contributed by atoms with Crippen LogP contribution >= 0.6 is 0 Å². The number of nitrogens with one attached hydrogen (secondary N) is 1. The lowest BCUT2D eigenvalue weighted by Crippen LogP contribution is -2.38. The van der Waals surface area contributed by atoms with Crippen LogP contribution in [-0.2, 0) is 20.1 Å². The molecule has 0 bridgehead atoms. The van der Waals surface area contributed by atoms with Crippen LogP contribution in [0.25, 0.3) is 0 Å². The third kappa shape index (κ3) is 4.28. The zero-order chi connectivity index (χ0) is 15.9. The summed E-state index contributed by atoms with van der Waals surface area (Å²) in [6.45, 7) is 3.77. The van der Waals surface area contributed by atoms with Crippen molar-refractivity contribution in [3.8, 4) is 0 Å². The van der Waals surface area contributed by atoms with Crippen LogP contribution < -0.4 is 5.32 Å². The maximum absolute atomic E-state index is 13.3. The van der Waals surface area contributed by atoms with E-state index in [4.69, 9.17) is 0 Å². The predicted octanol–water partition coefficient (Wildman–Crippen LogP) is 1.55. The second kappa shape index (κ2) is 7.53. The van der Waals surface area contributed by atoms with Crippen LogP contribution in [0.15, 0.2) is 35.6 Å². The molecule has 2 rings (SSSR count). The molecule has 1 aromatic carbocycles. The standard InChI is InChI=1S/C15H21FN6/c1-4-17-15(18-9-14-20-19-11-22(14)3)21(2)10-12-6-5-7-13(16)8-12/h5-8,11H,4,9-10H2,1-3H3,(H,17,18). The number of aliphatic imine (C=N–C) groups is 1. The topological polar surface area (TPSA) is 58.3 Å². The van der Waals surface area contributed by atoms with Gasteiger partial charge in [0.25, 0.3) is 0 Å². The Labute approximate surface area is 129 Å². The fourth-order valence-electron chi connectivity index (χ4n) is 2.05. The van der Waals surface area contributed by atoms with Crippen molar-refractivity contribution in [1.82, 2.24) is 25.0 Å². The summed E-state index contributed by atoms with van der Waals surface area (Å²) >= 11 is 0. The lowest BCUT2D eigenvalue weighted by atomic mass is 10.2. The average Bonchev–Trinajstić information content (AvgIpc) is 2.88. The summed E-state index contributed by atoms with van der Waals surface area (Å²) in [5.74, 6) is 1.30. The highest BCUT2D eigenvalue weighted by molar-refractivity contribution is 5.79. The molecule has 118 valence electrons. The highest BCUT2D eigenvalue weighted by atomic mass is 19.1. The number of halogens is 1. The van der Waals surface area contributed by atoms with Crippen molar-refractivity contribution < 1.29 is 4.39 Å². The molecule has 2 aromatic rings. The molecule has 0 spiro atoms. The molecule has 0 radical (unpaired) electrons. The van der Waals surface area contributed by atoms with Gasteiger partial charge in [0.05, 0.1) is 0 Å². The first-order valence-electron chi connectivity index (χ1n) is 7.17. The van der Waals surface area contributed by atoms with Gasteiger partial charge in [0, 0.05) is 27.2 Å². The number of aromatic nitrogens is 3. The zero-order valence-electron chi connectivity index (χ0n) is 13.1. The number of rotatable bonds is 5. The molecule has 1 aromatic heterocycles. The molecule has 22 heavy (non-hydrogen) atoms. The summed E-state index contributed by atoms with van der Waals surface area (Å²) in [6, 6.07) is 6.58. The molecule has 0 saturated heterocycles. The number of hydrogen-bond acceptors (Lipinski definition) is 3. The van der Waals surface area contributed by atoms with Crippen molar-refractivity contribution in [2.75, 3.05) is 13.6 Å². The van der Waals surface area contributed by atoms with E-state index >= 15 is 0 Å². The summed E-state index contributed by atoms with van der Waals surface area (Å²) < 4.78 is 15.1. The molecule has 0 amide bonds. The average molecular weight is 304 g/mol. The quantitative estimate of drug-likeness (QED) is 0.672. The monoisotopic (exact) mass is 304 g/mol. The van der Waals surface area contributed by atoms with Crippen molar-refractivity contribution in [1.29, 1.82) is 0 Å². The molecule has 0 unspecified atom stereocenters. The highest BCUT2D eigenvalue weighted by Crippen LogP contribution is 2.07. The number of nitrogens with zero attached hydrogens (tertiary/aromatic N) is 5. The Hall–Kier alpha value is -2.44. The first-order chi connectivity index (χ1) is 10.6.